The largest absolute Gasteiger partial charge is 0.481 e. The zero-order valence-corrected chi connectivity index (χ0v) is 9.31. The fourth-order valence-corrected chi connectivity index (χ4v) is 1.78. The van der Waals surface area contributed by atoms with Crippen LogP contribution in [0.4, 0.5) is 0 Å². The second-order valence-corrected chi connectivity index (χ2v) is 3.78. The zero-order valence-electron chi connectivity index (χ0n) is 9.31. The van der Waals surface area contributed by atoms with E-state index in [0.29, 0.717) is 26.0 Å². The molecule has 0 aromatic rings. The Morgan fingerprint density at radius 1 is 1.38 bits per heavy atom. The summed E-state index contributed by atoms with van der Waals surface area (Å²) in [6, 6.07) is 0. The van der Waals surface area contributed by atoms with Gasteiger partial charge in [0.2, 0.25) is 5.91 Å². The van der Waals surface area contributed by atoms with Gasteiger partial charge in [-0.1, -0.05) is 12.2 Å². The highest BCUT2D eigenvalue weighted by Crippen LogP contribution is 2.25. The van der Waals surface area contributed by atoms with Gasteiger partial charge in [-0.2, -0.15) is 0 Å². The summed E-state index contributed by atoms with van der Waals surface area (Å²) in [5.41, 5.74) is 0. The molecule has 0 fully saturated rings. The number of ether oxygens (including phenoxy) is 1. The first kappa shape index (κ1) is 12.7. The van der Waals surface area contributed by atoms with E-state index in [0.717, 1.165) is 0 Å². The van der Waals surface area contributed by atoms with Gasteiger partial charge < -0.3 is 15.2 Å². The van der Waals surface area contributed by atoms with E-state index >= 15 is 0 Å². The predicted molar refractivity (Wildman–Crippen MR) is 57.9 cm³/mol. The summed E-state index contributed by atoms with van der Waals surface area (Å²) in [7, 11) is 1.55. The number of carboxylic acids is 1. The van der Waals surface area contributed by atoms with Gasteiger partial charge in [-0.05, 0) is 12.8 Å². The van der Waals surface area contributed by atoms with Crippen LogP contribution in [-0.4, -0.2) is 37.2 Å². The van der Waals surface area contributed by atoms with Crippen molar-refractivity contribution in [2.24, 2.45) is 11.8 Å². The molecule has 0 saturated carbocycles. The molecule has 0 radical (unpaired) electrons. The molecule has 2 N–H and O–H groups in total. The standard InChI is InChI=1S/C11H17NO4/c1-16-7-6-12-10(13)8-4-2-3-5-9(8)11(14)15/h2-3,8-9H,4-7H2,1H3,(H,12,13)(H,14,15). The summed E-state index contributed by atoms with van der Waals surface area (Å²) in [6.07, 6.45) is 4.60. The van der Waals surface area contributed by atoms with Crippen molar-refractivity contribution < 1.29 is 19.4 Å². The number of carboxylic acid groups (broad SMARTS) is 1. The van der Waals surface area contributed by atoms with Crippen LogP contribution in [0, 0.1) is 11.8 Å². The van der Waals surface area contributed by atoms with E-state index in [2.05, 4.69) is 5.32 Å². The molecule has 0 heterocycles. The van der Waals surface area contributed by atoms with Crippen LogP contribution in [0.15, 0.2) is 12.2 Å². The molecule has 0 saturated heterocycles. The van der Waals surface area contributed by atoms with Crippen molar-refractivity contribution in [3.63, 3.8) is 0 Å². The minimum Gasteiger partial charge on any atom is -0.481 e. The van der Waals surface area contributed by atoms with E-state index < -0.39 is 17.8 Å². The van der Waals surface area contributed by atoms with Gasteiger partial charge in [0.25, 0.3) is 0 Å². The first-order valence-corrected chi connectivity index (χ1v) is 5.31. The zero-order chi connectivity index (χ0) is 12.0. The first-order chi connectivity index (χ1) is 7.66. The summed E-state index contributed by atoms with van der Waals surface area (Å²) >= 11 is 0. The van der Waals surface area contributed by atoms with Crippen LogP contribution in [-0.2, 0) is 14.3 Å². The van der Waals surface area contributed by atoms with Crippen molar-refractivity contribution in [2.45, 2.75) is 12.8 Å². The maximum atomic E-state index is 11.7. The van der Waals surface area contributed by atoms with Crippen LogP contribution < -0.4 is 5.32 Å². The molecule has 0 bridgehead atoms. The highest BCUT2D eigenvalue weighted by Gasteiger charge is 2.33. The number of hydrogen-bond acceptors (Lipinski definition) is 3. The number of nitrogens with one attached hydrogen (secondary N) is 1. The normalized spacial score (nSPS) is 24.1. The second kappa shape index (κ2) is 6.27. The number of methoxy groups -OCH3 is 1. The highest BCUT2D eigenvalue weighted by molar-refractivity contribution is 5.85. The number of allylic oxidation sites excluding steroid dienone is 2. The molecular weight excluding hydrogens is 210 g/mol. The molecule has 1 aliphatic rings. The Kier molecular flexibility index (Phi) is 4.98. The molecule has 0 aromatic heterocycles. The van der Waals surface area contributed by atoms with Crippen LogP contribution in [0.3, 0.4) is 0 Å². The fourth-order valence-electron chi connectivity index (χ4n) is 1.78. The summed E-state index contributed by atoms with van der Waals surface area (Å²) < 4.78 is 4.81. The van der Waals surface area contributed by atoms with Crippen LogP contribution in [0.5, 0.6) is 0 Å². The minimum absolute atomic E-state index is 0.200. The Morgan fingerprint density at radius 3 is 2.56 bits per heavy atom. The molecule has 1 rings (SSSR count). The lowest BCUT2D eigenvalue weighted by atomic mass is 9.82. The van der Waals surface area contributed by atoms with Gasteiger partial charge in [0.15, 0.2) is 0 Å². The van der Waals surface area contributed by atoms with Gasteiger partial charge in [-0.3, -0.25) is 9.59 Å². The lowest BCUT2D eigenvalue weighted by Gasteiger charge is -2.24. The average molecular weight is 227 g/mol. The van der Waals surface area contributed by atoms with Crippen molar-refractivity contribution in [3.05, 3.63) is 12.2 Å². The lowest BCUT2D eigenvalue weighted by Crippen LogP contribution is -2.39. The second-order valence-electron chi connectivity index (χ2n) is 3.78. The molecular formula is C11H17NO4. The molecule has 90 valence electrons. The van der Waals surface area contributed by atoms with Crippen LogP contribution in [0.25, 0.3) is 0 Å². The number of carbonyl (C=O) groups excluding carboxylic acids is 1. The number of amides is 1. The Labute approximate surface area is 94.5 Å². The first-order valence-electron chi connectivity index (χ1n) is 5.31. The molecule has 1 amide bonds. The smallest absolute Gasteiger partial charge is 0.307 e. The Morgan fingerprint density at radius 2 is 2.00 bits per heavy atom. The highest BCUT2D eigenvalue weighted by atomic mass is 16.5. The molecule has 0 aromatic carbocycles. The third-order valence-corrected chi connectivity index (χ3v) is 2.69. The van der Waals surface area contributed by atoms with Gasteiger partial charge in [-0.25, -0.2) is 0 Å². The van der Waals surface area contributed by atoms with E-state index in [-0.39, 0.29) is 5.91 Å². The molecule has 5 nitrogen and oxygen atoms in total. The number of rotatable bonds is 5. The SMILES string of the molecule is COCCNC(=O)C1CC=CCC1C(=O)O. The van der Waals surface area contributed by atoms with Gasteiger partial charge in [-0.15, -0.1) is 0 Å². The van der Waals surface area contributed by atoms with E-state index in [9.17, 15) is 9.59 Å². The maximum absolute atomic E-state index is 11.7. The topological polar surface area (TPSA) is 75.6 Å². The van der Waals surface area contributed by atoms with Crippen LogP contribution in [0.2, 0.25) is 0 Å². The van der Waals surface area contributed by atoms with Crippen molar-refractivity contribution in [1.29, 1.82) is 0 Å². The van der Waals surface area contributed by atoms with Gasteiger partial charge >= 0.3 is 5.97 Å². The average Bonchev–Trinajstić information content (AvgIpc) is 2.29. The minimum atomic E-state index is -0.906. The maximum Gasteiger partial charge on any atom is 0.307 e. The van der Waals surface area contributed by atoms with Gasteiger partial charge in [0.1, 0.15) is 0 Å². The van der Waals surface area contributed by atoms with Gasteiger partial charge in [0, 0.05) is 13.7 Å². The molecule has 0 aliphatic heterocycles. The van der Waals surface area contributed by atoms with E-state index in [1.807, 2.05) is 12.2 Å². The third-order valence-electron chi connectivity index (χ3n) is 2.69. The van der Waals surface area contributed by atoms with Crippen LogP contribution in [0.1, 0.15) is 12.8 Å². The molecule has 1 aliphatic carbocycles. The fraction of sp³-hybridized carbons (Fsp3) is 0.636. The quantitative estimate of drug-likeness (QED) is 0.527. The molecule has 16 heavy (non-hydrogen) atoms. The summed E-state index contributed by atoms with van der Waals surface area (Å²) in [5, 5.41) is 11.7. The third kappa shape index (κ3) is 3.34. The Bertz CT molecular complexity index is 288. The summed E-state index contributed by atoms with van der Waals surface area (Å²) in [5.74, 6) is -2.17. The number of hydrogen-bond donors (Lipinski definition) is 2. The molecule has 0 spiro atoms. The molecule has 2 atom stereocenters. The Hall–Kier alpha value is -1.36. The van der Waals surface area contributed by atoms with Crippen molar-refractivity contribution in [3.8, 4) is 0 Å². The summed E-state index contributed by atoms with van der Waals surface area (Å²) in [6.45, 7) is 0.855. The molecule has 5 heteroatoms. The number of aliphatic carboxylic acids is 1. The predicted octanol–water partition coefficient (Wildman–Crippen LogP) is 0.416. The van der Waals surface area contributed by atoms with Crippen molar-refractivity contribution >= 4 is 11.9 Å². The van der Waals surface area contributed by atoms with E-state index in [4.69, 9.17) is 9.84 Å². The van der Waals surface area contributed by atoms with E-state index in [1.54, 1.807) is 7.11 Å². The molecule has 2 unspecified atom stereocenters. The Balaban J connectivity index is 2.52. The van der Waals surface area contributed by atoms with E-state index in [1.165, 1.54) is 0 Å². The van der Waals surface area contributed by atoms with Gasteiger partial charge in [0.05, 0.1) is 18.4 Å². The number of carbonyl (C=O) groups is 2. The van der Waals surface area contributed by atoms with Crippen molar-refractivity contribution in [1.82, 2.24) is 5.32 Å². The summed E-state index contributed by atoms with van der Waals surface area (Å²) in [4.78, 5) is 22.7. The van der Waals surface area contributed by atoms with Crippen LogP contribution >= 0.6 is 0 Å². The monoisotopic (exact) mass is 227 g/mol. The lowest BCUT2D eigenvalue weighted by molar-refractivity contribution is -0.147. The van der Waals surface area contributed by atoms with Crippen molar-refractivity contribution in [2.75, 3.05) is 20.3 Å².